The van der Waals surface area contributed by atoms with E-state index in [0.29, 0.717) is 10.0 Å². The van der Waals surface area contributed by atoms with Crippen molar-refractivity contribution < 1.29 is 4.74 Å². The molecule has 0 saturated carbocycles. The van der Waals surface area contributed by atoms with Crippen molar-refractivity contribution in [2.45, 2.75) is 19.4 Å². The topological polar surface area (TPSA) is 21.3 Å². The molecule has 0 fully saturated rings. The van der Waals surface area contributed by atoms with Crippen molar-refractivity contribution in [2.24, 2.45) is 0 Å². The lowest BCUT2D eigenvalue weighted by Crippen LogP contribution is -2.10. The van der Waals surface area contributed by atoms with Crippen LogP contribution in [0.5, 0.6) is 5.75 Å². The van der Waals surface area contributed by atoms with E-state index in [1.807, 2.05) is 30.3 Å². The molecule has 0 radical (unpaired) electrons. The summed E-state index contributed by atoms with van der Waals surface area (Å²) in [6.45, 7) is 2.13. The van der Waals surface area contributed by atoms with Gasteiger partial charge in [-0.25, -0.2) is 0 Å². The Balaban J connectivity index is 2.26. The number of methoxy groups -OCH3 is 1. The van der Waals surface area contributed by atoms with Crippen molar-refractivity contribution in [3.8, 4) is 5.75 Å². The van der Waals surface area contributed by atoms with Crippen LogP contribution in [0.4, 0.5) is 5.69 Å². The third kappa shape index (κ3) is 3.38. The first kappa shape index (κ1) is 15.0. The molecule has 1 N–H and O–H groups in total. The second-order valence-electron chi connectivity index (χ2n) is 4.48. The smallest absolute Gasteiger partial charge is 0.124 e. The molecule has 0 saturated heterocycles. The molecule has 0 aliphatic heterocycles. The van der Waals surface area contributed by atoms with Crippen molar-refractivity contribution in [1.29, 1.82) is 0 Å². The standard InChI is InChI=1S/C16H17Cl2NO/c1-3-15(12-6-4-5-7-16(12)20-2)19-11-8-9-13(17)14(18)10-11/h4-10,15,19H,3H2,1-2H3. The largest absolute Gasteiger partial charge is 0.496 e. The summed E-state index contributed by atoms with van der Waals surface area (Å²) in [5, 5.41) is 4.57. The molecule has 0 spiro atoms. The van der Waals surface area contributed by atoms with Crippen LogP contribution in [0.2, 0.25) is 10.0 Å². The summed E-state index contributed by atoms with van der Waals surface area (Å²) >= 11 is 12.0. The van der Waals surface area contributed by atoms with Crippen molar-refractivity contribution in [3.63, 3.8) is 0 Å². The van der Waals surface area contributed by atoms with Crippen LogP contribution in [0, 0.1) is 0 Å². The van der Waals surface area contributed by atoms with Gasteiger partial charge in [-0.1, -0.05) is 48.3 Å². The van der Waals surface area contributed by atoms with Gasteiger partial charge in [-0.3, -0.25) is 0 Å². The Morgan fingerprint density at radius 2 is 1.85 bits per heavy atom. The number of halogens is 2. The van der Waals surface area contributed by atoms with Gasteiger partial charge in [0.15, 0.2) is 0 Å². The van der Waals surface area contributed by atoms with Crippen LogP contribution in [0.15, 0.2) is 42.5 Å². The second kappa shape index (κ2) is 6.87. The first-order valence-electron chi connectivity index (χ1n) is 6.50. The van der Waals surface area contributed by atoms with Crippen LogP contribution >= 0.6 is 23.2 Å². The summed E-state index contributed by atoms with van der Waals surface area (Å²) in [6, 6.07) is 13.7. The number of para-hydroxylation sites is 1. The number of hydrogen-bond donors (Lipinski definition) is 1. The van der Waals surface area contributed by atoms with Crippen LogP contribution in [0.3, 0.4) is 0 Å². The Morgan fingerprint density at radius 1 is 1.10 bits per heavy atom. The van der Waals surface area contributed by atoms with Crippen LogP contribution in [0.25, 0.3) is 0 Å². The van der Waals surface area contributed by atoms with E-state index in [9.17, 15) is 0 Å². The summed E-state index contributed by atoms with van der Waals surface area (Å²) in [6.07, 6.45) is 0.931. The molecule has 20 heavy (non-hydrogen) atoms. The minimum atomic E-state index is 0.156. The summed E-state index contributed by atoms with van der Waals surface area (Å²) < 4.78 is 5.42. The molecule has 1 unspecified atom stereocenters. The van der Waals surface area contributed by atoms with Gasteiger partial charge in [0.2, 0.25) is 0 Å². The summed E-state index contributed by atoms with van der Waals surface area (Å²) in [7, 11) is 1.69. The Bertz CT molecular complexity index is 586. The lowest BCUT2D eigenvalue weighted by atomic mass is 10.0. The van der Waals surface area contributed by atoms with Crippen molar-refractivity contribution >= 4 is 28.9 Å². The van der Waals surface area contributed by atoms with Gasteiger partial charge in [0.1, 0.15) is 5.75 Å². The molecule has 1 atom stereocenters. The number of hydrogen-bond acceptors (Lipinski definition) is 2. The van der Waals surface area contributed by atoms with Crippen LogP contribution < -0.4 is 10.1 Å². The highest BCUT2D eigenvalue weighted by Gasteiger charge is 2.14. The molecule has 0 amide bonds. The fourth-order valence-electron chi connectivity index (χ4n) is 2.14. The van der Waals surface area contributed by atoms with Gasteiger partial charge in [-0.05, 0) is 30.7 Å². The third-order valence-electron chi connectivity index (χ3n) is 3.18. The SMILES string of the molecule is CCC(Nc1ccc(Cl)c(Cl)c1)c1ccccc1OC. The number of rotatable bonds is 5. The Hall–Kier alpha value is -1.38. The first-order valence-corrected chi connectivity index (χ1v) is 7.25. The lowest BCUT2D eigenvalue weighted by molar-refractivity contribution is 0.406. The number of anilines is 1. The van der Waals surface area contributed by atoms with E-state index in [1.165, 1.54) is 0 Å². The Kier molecular flexibility index (Phi) is 5.16. The zero-order chi connectivity index (χ0) is 14.5. The van der Waals surface area contributed by atoms with Crippen molar-refractivity contribution in [3.05, 3.63) is 58.1 Å². The third-order valence-corrected chi connectivity index (χ3v) is 3.92. The van der Waals surface area contributed by atoms with E-state index in [2.05, 4.69) is 18.3 Å². The first-order chi connectivity index (χ1) is 9.65. The summed E-state index contributed by atoms with van der Waals surface area (Å²) in [4.78, 5) is 0. The molecule has 0 bridgehead atoms. The minimum absolute atomic E-state index is 0.156. The molecule has 0 aromatic heterocycles. The van der Waals surface area contributed by atoms with E-state index < -0.39 is 0 Å². The summed E-state index contributed by atoms with van der Waals surface area (Å²) in [5.74, 6) is 0.881. The van der Waals surface area contributed by atoms with Crippen LogP contribution in [-0.2, 0) is 0 Å². The van der Waals surface area contributed by atoms with Gasteiger partial charge >= 0.3 is 0 Å². The predicted octanol–water partition coefficient (Wildman–Crippen LogP) is 5.57. The quantitative estimate of drug-likeness (QED) is 0.780. The Morgan fingerprint density at radius 3 is 2.50 bits per heavy atom. The van der Waals surface area contributed by atoms with E-state index in [0.717, 1.165) is 23.4 Å². The highest BCUT2D eigenvalue weighted by atomic mass is 35.5. The van der Waals surface area contributed by atoms with Crippen LogP contribution in [0.1, 0.15) is 24.9 Å². The maximum absolute atomic E-state index is 6.05. The number of benzene rings is 2. The molecule has 2 aromatic carbocycles. The van der Waals surface area contributed by atoms with Gasteiger partial charge in [0.25, 0.3) is 0 Å². The molecule has 2 rings (SSSR count). The number of nitrogens with one attached hydrogen (secondary N) is 1. The molecular formula is C16H17Cl2NO. The normalized spacial score (nSPS) is 12.0. The molecule has 2 aromatic rings. The molecule has 4 heteroatoms. The van der Waals surface area contributed by atoms with Crippen molar-refractivity contribution in [2.75, 3.05) is 12.4 Å². The van der Waals surface area contributed by atoms with Gasteiger partial charge < -0.3 is 10.1 Å². The average molecular weight is 310 g/mol. The number of ether oxygens (including phenoxy) is 1. The summed E-state index contributed by atoms with van der Waals surface area (Å²) in [5.41, 5.74) is 2.07. The van der Waals surface area contributed by atoms with E-state index in [4.69, 9.17) is 27.9 Å². The van der Waals surface area contributed by atoms with Gasteiger partial charge in [0.05, 0.1) is 23.2 Å². The van der Waals surface area contributed by atoms with E-state index >= 15 is 0 Å². The Labute approximate surface area is 129 Å². The molecule has 0 heterocycles. The zero-order valence-corrected chi connectivity index (χ0v) is 13.0. The fraction of sp³-hybridized carbons (Fsp3) is 0.250. The molecule has 2 nitrogen and oxygen atoms in total. The monoisotopic (exact) mass is 309 g/mol. The lowest BCUT2D eigenvalue weighted by Gasteiger charge is -2.21. The van der Waals surface area contributed by atoms with Gasteiger partial charge in [-0.15, -0.1) is 0 Å². The molecule has 0 aliphatic carbocycles. The minimum Gasteiger partial charge on any atom is -0.496 e. The van der Waals surface area contributed by atoms with Crippen molar-refractivity contribution in [1.82, 2.24) is 0 Å². The average Bonchev–Trinajstić information content (AvgIpc) is 2.48. The van der Waals surface area contributed by atoms with Crippen LogP contribution in [-0.4, -0.2) is 7.11 Å². The maximum atomic E-state index is 6.05. The molecule has 106 valence electrons. The highest BCUT2D eigenvalue weighted by molar-refractivity contribution is 6.42. The van der Waals surface area contributed by atoms with Gasteiger partial charge in [-0.2, -0.15) is 0 Å². The highest BCUT2D eigenvalue weighted by Crippen LogP contribution is 2.32. The zero-order valence-electron chi connectivity index (χ0n) is 11.5. The predicted molar refractivity (Wildman–Crippen MR) is 86.1 cm³/mol. The second-order valence-corrected chi connectivity index (χ2v) is 5.29. The molecular weight excluding hydrogens is 293 g/mol. The molecule has 0 aliphatic rings. The van der Waals surface area contributed by atoms with E-state index in [1.54, 1.807) is 13.2 Å². The van der Waals surface area contributed by atoms with E-state index in [-0.39, 0.29) is 6.04 Å². The maximum Gasteiger partial charge on any atom is 0.124 e. The fourth-order valence-corrected chi connectivity index (χ4v) is 2.44. The van der Waals surface area contributed by atoms with Gasteiger partial charge in [0, 0.05) is 11.3 Å².